The number of unbranched alkanes of at least 4 members (excludes halogenated alkanes) is 17. The summed E-state index contributed by atoms with van der Waals surface area (Å²) < 4.78 is 10.7. The molecule has 206 valence electrons. The van der Waals surface area contributed by atoms with E-state index in [-0.39, 0.29) is 11.9 Å². The zero-order valence-corrected chi connectivity index (χ0v) is 23.5. The normalized spacial score (nSPS) is 11.3. The monoisotopic (exact) mass is 494 g/mol. The Labute approximate surface area is 218 Å². The lowest BCUT2D eigenvalue weighted by Crippen LogP contribution is -2.06. The number of ether oxygens (including phenoxy) is 2. The van der Waals surface area contributed by atoms with E-state index in [9.17, 15) is 9.59 Å². The van der Waals surface area contributed by atoms with E-state index in [0.717, 1.165) is 64.2 Å². The van der Waals surface area contributed by atoms with Crippen molar-refractivity contribution in [3.63, 3.8) is 0 Å². The molecule has 0 amide bonds. The maximum atomic E-state index is 11.8. The second kappa shape index (κ2) is 28.9. The van der Waals surface area contributed by atoms with Crippen LogP contribution >= 0.6 is 0 Å². The third kappa shape index (κ3) is 28.8. The predicted molar refractivity (Wildman–Crippen MR) is 149 cm³/mol. The molecule has 0 saturated heterocycles. The van der Waals surface area contributed by atoms with Crippen LogP contribution in [0.3, 0.4) is 0 Å². The highest BCUT2D eigenvalue weighted by Crippen LogP contribution is 2.11. The predicted octanol–water partition coefficient (Wildman–Crippen LogP) is 9.64. The van der Waals surface area contributed by atoms with Crippen molar-refractivity contribution >= 4 is 11.9 Å². The smallest absolute Gasteiger partial charge is 0.305 e. The topological polar surface area (TPSA) is 52.6 Å². The number of carbonyl (C=O) groups is 2. The van der Waals surface area contributed by atoms with Crippen LogP contribution in [-0.4, -0.2) is 25.2 Å². The van der Waals surface area contributed by atoms with E-state index >= 15 is 0 Å². The molecule has 35 heavy (non-hydrogen) atoms. The van der Waals surface area contributed by atoms with Gasteiger partial charge in [-0.1, -0.05) is 116 Å². The molecule has 0 unspecified atom stereocenters. The highest BCUT2D eigenvalue weighted by Gasteiger charge is 2.04. The van der Waals surface area contributed by atoms with Gasteiger partial charge in [0.25, 0.3) is 0 Å². The van der Waals surface area contributed by atoms with Crippen LogP contribution < -0.4 is 0 Å². The van der Waals surface area contributed by atoms with Gasteiger partial charge in [0.15, 0.2) is 0 Å². The van der Waals surface area contributed by atoms with Crippen molar-refractivity contribution in [2.45, 2.75) is 162 Å². The molecule has 0 heterocycles. The van der Waals surface area contributed by atoms with Crippen molar-refractivity contribution in [1.82, 2.24) is 0 Å². The van der Waals surface area contributed by atoms with Crippen LogP contribution in [0.1, 0.15) is 162 Å². The van der Waals surface area contributed by atoms with Gasteiger partial charge in [-0.3, -0.25) is 9.59 Å². The van der Waals surface area contributed by atoms with Gasteiger partial charge in [0.05, 0.1) is 13.2 Å². The fourth-order valence-corrected chi connectivity index (χ4v) is 4.12. The Bertz CT molecular complexity index is 486. The summed E-state index contributed by atoms with van der Waals surface area (Å²) in [4.78, 5) is 23.6. The third-order valence-corrected chi connectivity index (χ3v) is 6.44. The molecule has 4 heteroatoms. The first kappa shape index (κ1) is 33.7. The number of allylic oxidation sites excluding steroid dienone is 2. The van der Waals surface area contributed by atoms with Crippen molar-refractivity contribution in [2.24, 2.45) is 0 Å². The Balaban J connectivity index is 3.29. The minimum Gasteiger partial charge on any atom is -0.466 e. The van der Waals surface area contributed by atoms with E-state index in [1.54, 1.807) is 0 Å². The van der Waals surface area contributed by atoms with E-state index in [1.165, 1.54) is 70.6 Å². The fourth-order valence-electron chi connectivity index (χ4n) is 4.12. The molecule has 0 aromatic rings. The van der Waals surface area contributed by atoms with E-state index in [4.69, 9.17) is 9.47 Å². The van der Waals surface area contributed by atoms with E-state index < -0.39 is 0 Å². The highest BCUT2D eigenvalue weighted by atomic mass is 16.5. The van der Waals surface area contributed by atoms with E-state index in [1.807, 2.05) is 0 Å². The molecule has 0 spiro atoms. The lowest BCUT2D eigenvalue weighted by molar-refractivity contribution is -0.144. The van der Waals surface area contributed by atoms with Crippen LogP contribution in [0.5, 0.6) is 0 Å². The van der Waals surface area contributed by atoms with Crippen molar-refractivity contribution in [1.29, 1.82) is 0 Å². The number of hydrogen-bond acceptors (Lipinski definition) is 4. The number of hydrogen-bond donors (Lipinski definition) is 0. The van der Waals surface area contributed by atoms with Crippen molar-refractivity contribution in [2.75, 3.05) is 13.2 Å². The highest BCUT2D eigenvalue weighted by molar-refractivity contribution is 5.69. The molecule has 0 N–H and O–H groups in total. The van der Waals surface area contributed by atoms with Gasteiger partial charge in [-0.15, -0.1) is 0 Å². The molecule has 0 atom stereocenters. The SMILES string of the molecule is CCCCC/C=C/CCCOC(=O)CCCCCCCCC(=O)OCCCCCCCCCCC. The Hall–Kier alpha value is -1.32. The summed E-state index contributed by atoms with van der Waals surface area (Å²) >= 11 is 0. The molecule has 0 aromatic heterocycles. The van der Waals surface area contributed by atoms with Crippen LogP contribution in [0.4, 0.5) is 0 Å². The fraction of sp³-hybridized carbons (Fsp3) is 0.871. The van der Waals surface area contributed by atoms with Crippen molar-refractivity contribution in [3.05, 3.63) is 12.2 Å². The Morgan fingerprint density at radius 1 is 0.457 bits per heavy atom. The Kier molecular flexibility index (Phi) is 27.8. The molecule has 0 aliphatic rings. The molecular formula is C31H58O4. The van der Waals surface area contributed by atoms with Gasteiger partial charge < -0.3 is 9.47 Å². The lowest BCUT2D eigenvalue weighted by atomic mass is 10.1. The van der Waals surface area contributed by atoms with E-state index in [0.29, 0.717) is 26.1 Å². The molecule has 4 nitrogen and oxygen atoms in total. The largest absolute Gasteiger partial charge is 0.466 e. The average Bonchev–Trinajstić information content (AvgIpc) is 2.85. The number of carbonyl (C=O) groups excluding carboxylic acids is 2. The molecule has 0 bridgehead atoms. The summed E-state index contributed by atoms with van der Waals surface area (Å²) in [6.07, 6.45) is 30.1. The van der Waals surface area contributed by atoms with Crippen LogP contribution in [0.25, 0.3) is 0 Å². The van der Waals surface area contributed by atoms with Crippen LogP contribution in [0.15, 0.2) is 12.2 Å². The van der Waals surface area contributed by atoms with Gasteiger partial charge in [-0.25, -0.2) is 0 Å². The minimum absolute atomic E-state index is 0.0423. The van der Waals surface area contributed by atoms with Crippen LogP contribution in [0.2, 0.25) is 0 Å². The first-order valence-electron chi connectivity index (χ1n) is 15.2. The Morgan fingerprint density at radius 2 is 0.829 bits per heavy atom. The standard InChI is InChI=1S/C31H58O4/c1-3-5-7-9-11-13-17-21-25-29-35-31(33)27-23-19-15-14-18-22-26-30(32)34-28-24-20-16-12-10-8-6-4-2/h12,16H,3-11,13-15,17-29H2,1-2H3/b16-12+. The van der Waals surface area contributed by atoms with Gasteiger partial charge in [0.2, 0.25) is 0 Å². The maximum absolute atomic E-state index is 11.8. The first-order valence-corrected chi connectivity index (χ1v) is 15.2. The third-order valence-electron chi connectivity index (χ3n) is 6.44. The van der Waals surface area contributed by atoms with Crippen molar-refractivity contribution < 1.29 is 19.1 Å². The summed E-state index contributed by atoms with van der Waals surface area (Å²) in [7, 11) is 0. The van der Waals surface area contributed by atoms with Gasteiger partial charge in [-0.05, 0) is 44.9 Å². The molecular weight excluding hydrogens is 436 g/mol. The molecule has 0 aliphatic heterocycles. The molecule has 0 fully saturated rings. The maximum Gasteiger partial charge on any atom is 0.305 e. The van der Waals surface area contributed by atoms with E-state index in [2.05, 4.69) is 26.0 Å². The Morgan fingerprint density at radius 3 is 1.34 bits per heavy atom. The van der Waals surface area contributed by atoms with Crippen LogP contribution in [0, 0.1) is 0 Å². The summed E-state index contributed by atoms with van der Waals surface area (Å²) in [6.45, 7) is 5.59. The number of rotatable bonds is 27. The molecule has 0 radical (unpaired) electrons. The molecule has 0 aromatic carbocycles. The number of esters is 2. The zero-order valence-electron chi connectivity index (χ0n) is 23.5. The van der Waals surface area contributed by atoms with Gasteiger partial charge in [-0.2, -0.15) is 0 Å². The lowest BCUT2D eigenvalue weighted by Gasteiger charge is -2.06. The summed E-state index contributed by atoms with van der Waals surface area (Å²) in [6, 6.07) is 0. The summed E-state index contributed by atoms with van der Waals surface area (Å²) in [5.41, 5.74) is 0. The summed E-state index contributed by atoms with van der Waals surface area (Å²) in [5, 5.41) is 0. The molecule has 0 aliphatic carbocycles. The first-order chi connectivity index (χ1) is 17.2. The second-order valence-corrected chi connectivity index (χ2v) is 10.0. The second-order valence-electron chi connectivity index (χ2n) is 10.0. The van der Waals surface area contributed by atoms with Gasteiger partial charge in [0, 0.05) is 12.8 Å². The van der Waals surface area contributed by atoms with Gasteiger partial charge in [0.1, 0.15) is 0 Å². The molecule has 0 saturated carbocycles. The average molecular weight is 495 g/mol. The van der Waals surface area contributed by atoms with Gasteiger partial charge >= 0.3 is 11.9 Å². The van der Waals surface area contributed by atoms with Crippen molar-refractivity contribution in [3.8, 4) is 0 Å². The zero-order chi connectivity index (χ0) is 25.7. The minimum atomic E-state index is -0.0633. The summed E-state index contributed by atoms with van der Waals surface area (Å²) in [5.74, 6) is -0.106. The quantitative estimate of drug-likeness (QED) is 0.0648. The van der Waals surface area contributed by atoms with Crippen LogP contribution in [-0.2, 0) is 19.1 Å². The molecule has 0 rings (SSSR count).